The molecule has 1 aliphatic heterocycles. The maximum atomic E-state index is 7.88. The van der Waals surface area contributed by atoms with Crippen LogP contribution in [0.5, 0.6) is 0 Å². The molecular formula is H3O4PTi. The summed E-state index contributed by atoms with van der Waals surface area (Å²) in [7, 11) is -3.36. The molecule has 36 valence electrons. The first-order chi connectivity index (χ1) is 2.21. The van der Waals surface area contributed by atoms with Crippen LogP contribution in [0.4, 0.5) is 0 Å². The van der Waals surface area contributed by atoms with Crippen LogP contribution in [0, 0.1) is 0 Å². The van der Waals surface area contributed by atoms with E-state index in [4.69, 9.17) is 9.79 Å². The monoisotopic (exact) mass is 146 g/mol. The third kappa shape index (κ3) is 2.21. The van der Waals surface area contributed by atoms with Crippen LogP contribution < -0.4 is 0 Å². The molecule has 0 aliphatic carbocycles. The van der Waals surface area contributed by atoms with Gasteiger partial charge in [0.2, 0.25) is 0 Å². The molecule has 6 heteroatoms. The molecule has 1 saturated heterocycles. The average molecular weight is 146 g/mol. The van der Waals surface area contributed by atoms with Crippen LogP contribution in [0.15, 0.2) is 0 Å². The predicted octanol–water partition coefficient (Wildman–Crippen LogP) is -0.660. The third-order valence-electron chi connectivity index (χ3n) is 0.232. The van der Waals surface area contributed by atoms with Gasteiger partial charge in [-0.3, -0.25) is 0 Å². The van der Waals surface area contributed by atoms with Crippen molar-refractivity contribution >= 4 is 8.17 Å². The fourth-order valence-electron chi connectivity index (χ4n) is 0.0373. The van der Waals surface area contributed by atoms with Crippen molar-refractivity contribution in [3.63, 3.8) is 0 Å². The summed E-state index contributed by atoms with van der Waals surface area (Å²) in [5, 5.41) is 0. The van der Waals surface area contributed by atoms with Gasteiger partial charge < -0.3 is 0 Å². The summed E-state index contributed by atoms with van der Waals surface area (Å²) in [6, 6.07) is 0. The van der Waals surface area contributed by atoms with E-state index in [1.54, 1.807) is 0 Å². The molecule has 0 bridgehead atoms. The minimum atomic E-state index is -3.36. The Labute approximate surface area is 49.6 Å². The molecule has 0 saturated carbocycles. The fourth-order valence-corrected chi connectivity index (χ4v) is 0.335. The molecule has 1 fully saturated rings. The molecule has 0 radical (unpaired) electrons. The summed E-state index contributed by atoms with van der Waals surface area (Å²) in [5.74, 6) is 0. The first-order valence-electron chi connectivity index (χ1n) is 1.02. The van der Waals surface area contributed by atoms with Crippen LogP contribution in [-0.4, -0.2) is 9.79 Å². The summed E-state index contributed by atoms with van der Waals surface area (Å²) >= 11 is 0. The second-order valence-electron chi connectivity index (χ2n) is 0.715. The van der Waals surface area contributed by atoms with Crippen molar-refractivity contribution < 1.29 is 40.9 Å². The maximum absolute atomic E-state index is 7.88. The van der Waals surface area contributed by atoms with E-state index in [1.807, 2.05) is 0 Å². The van der Waals surface area contributed by atoms with E-state index in [1.165, 1.54) is 0 Å². The first kappa shape index (κ1) is 6.98. The Hall–Kier alpha value is 0.984. The standard InChI is InChI=1S/H3O4P.Ti/c1-5(2)3-4-5;/h1-2,5H;. The third-order valence-corrected chi connectivity index (χ3v) is 0.697. The first-order valence-corrected chi connectivity index (χ1v) is 2.73. The Morgan fingerprint density at radius 3 is 1.33 bits per heavy atom. The molecular weight excluding hydrogens is 143 g/mol. The number of rotatable bonds is 0. The van der Waals surface area contributed by atoms with Crippen molar-refractivity contribution in [1.82, 2.24) is 0 Å². The Morgan fingerprint density at radius 2 is 1.33 bits per heavy atom. The minimum absolute atomic E-state index is 0. The van der Waals surface area contributed by atoms with Crippen LogP contribution in [-0.2, 0) is 31.1 Å². The van der Waals surface area contributed by atoms with E-state index >= 15 is 0 Å². The summed E-state index contributed by atoms with van der Waals surface area (Å²) in [5.41, 5.74) is 0. The van der Waals surface area contributed by atoms with Gasteiger partial charge in [0.1, 0.15) is 0 Å². The van der Waals surface area contributed by atoms with Gasteiger partial charge in [-0.15, -0.1) is 0 Å². The zero-order chi connectivity index (χ0) is 3.91. The normalized spacial score (nSPS) is 30.3. The fraction of sp³-hybridized carbons (Fsp3) is 0. The molecule has 1 rings (SSSR count). The largest absolute Gasteiger partial charge is 0 e. The molecule has 0 aromatic heterocycles. The van der Waals surface area contributed by atoms with Crippen molar-refractivity contribution in [3.05, 3.63) is 0 Å². The van der Waals surface area contributed by atoms with E-state index in [-0.39, 0.29) is 21.7 Å². The van der Waals surface area contributed by atoms with Crippen LogP contribution in [0.25, 0.3) is 0 Å². The summed E-state index contributed by atoms with van der Waals surface area (Å²) < 4.78 is 7.29. The van der Waals surface area contributed by atoms with E-state index in [9.17, 15) is 0 Å². The van der Waals surface area contributed by atoms with Crippen molar-refractivity contribution in [2.75, 3.05) is 0 Å². The molecule has 4 nitrogen and oxygen atoms in total. The Morgan fingerprint density at radius 1 is 1.17 bits per heavy atom. The Bertz CT molecular complexity index is 45.5. The van der Waals surface area contributed by atoms with Gasteiger partial charge in [-0.1, -0.05) is 0 Å². The zero-order valence-electron chi connectivity index (χ0n) is 2.71. The SMILES string of the molecule is O[PH]1(O)OO1.[Ti]. The van der Waals surface area contributed by atoms with Gasteiger partial charge in [-0.05, 0) is 0 Å². The van der Waals surface area contributed by atoms with Crippen molar-refractivity contribution in [1.29, 1.82) is 0 Å². The van der Waals surface area contributed by atoms with Gasteiger partial charge in [0, 0.05) is 21.7 Å². The van der Waals surface area contributed by atoms with Crippen molar-refractivity contribution in [3.8, 4) is 0 Å². The molecule has 0 unspecified atom stereocenters. The van der Waals surface area contributed by atoms with Crippen LogP contribution in [0.1, 0.15) is 0 Å². The van der Waals surface area contributed by atoms with Crippen molar-refractivity contribution in [2.45, 2.75) is 0 Å². The molecule has 0 aromatic rings. The van der Waals surface area contributed by atoms with Gasteiger partial charge in [0.25, 0.3) is 0 Å². The minimum Gasteiger partial charge on any atom is 0 e. The van der Waals surface area contributed by atoms with Gasteiger partial charge >= 0.3 is 27.3 Å². The maximum Gasteiger partial charge on any atom is 0 e. The molecule has 0 atom stereocenters. The van der Waals surface area contributed by atoms with Gasteiger partial charge in [0.05, 0.1) is 0 Å². The topological polar surface area (TPSA) is 65.5 Å². The van der Waals surface area contributed by atoms with Crippen molar-refractivity contribution in [2.24, 2.45) is 0 Å². The molecule has 0 aromatic carbocycles. The second kappa shape index (κ2) is 1.84. The van der Waals surface area contributed by atoms with Gasteiger partial charge in [-0.25, -0.2) is 0 Å². The molecule has 0 amide bonds. The molecule has 2 N–H and O–H groups in total. The van der Waals surface area contributed by atoms with E-state index in [0.717, 1.165) is 0 Å². The summed E-state index contributed by atoms with van der Waals surface area (Å²) in [6.07, 6.45) is 0. The van der Waals surface area contributed by atoms with Crippen LogP contribution >= 0.6 is 8.17 Å². The molecule has 6 heavy (non-hydrogen) atoms. The number of hydrogen-bond acceptors (Lipinski definition) is 4. The van der Waals surface area contributed by atoms with E-state index in [0.29, 0.717) is 0 Å². The quantitative estimate of drug-likeness (QED) is 0.206. The van der Waals surface area contributed by atoms with Gasteiger partial charge in [0.15, 0.2) is 0 Å². The Kier molecular flexibility index (Phi) is 2.14. The molecule has 1 aliphatic rings. The van der Waals surface area contributed by atoms with Crippen LogP contribution in [0.2, 0.25) is 0 Å². The number of hydrogen-bond donors (Lipinski definition) is 2. The summed E-state index contributed by atoms with van der Waals surface area (Å²) in [4.78, 5) is 15.8. The van der Waals surface area contributed by atoms with Gasteiger partial charge in [-0.2, -0.15) is 0 Å². The zero-order valence-corrected chi connectivity index (χ0v) is 5.27. The van der Waals surface area contributed by atoms with Crippen LogP contribution in [0.3, 0.4) is 0 Å². The second-order valence-corrected chi connectivity index (χ2v) is 2.15. The van der Waals surface area contributed by atoms with E-state index in [2.05, 4.69) is 9.35 Å². The average Bonchev–Trinajstić information content (AvgIpc) is 1.76. The predicted molar refractivity (Wildman–Crippen MR) is 14.9 cm³/mol. The molecule has 1 heterocycles. The smallest absolute Gasteiger partial charge is 0 e. The Balaban J connectivity index is 0.000000250. The molecule has 0 spiro atoms. The summed E-state index contributed by atoms with van der Waals surface area (Å²) in [6.45, 7) is 0. The van der Waals surface area contributed by atoms with E-state index < -0.39 is 8.17 Å².